The van der Waals surface area contributed by atoms with Crippen LogP contribution in [0.15, 0.2) is 6.07 Å². The molecule has 0 radical (unpaired) electrons. The number of anilines is 1. The standard InChI is InChI=1S/C18H27F3N2O3.BrH/c1-5-26-9-7-23(6-8-24)11-16(25)22-17-13(3)12(2)10-15(14(17)4)18(19,20)21;/h10,24H,5-9,11H2,1-4H3,(H,22,25);1H. The van der Waals surface area contributed by atoms with Gasteiger partial charge in [-0.3, -0.25) is 4.79 Å². The van der Waals surface area contributed by atoms with E-state index in [1.165, 1.54) is 6.92 Å². The normalized spacial score (nSPS) is 12.4. The monoisotopic (exact) mass is 456 g/mol. The Labute approximate surface area is 168 Å². The zero-order valence-corrected chi connectivity index (χ0v) is 17.7. The van der Waals surface area contributed by atoms with Gasteiger partial charge >= 0.3 is 6.18 Å². The summed E-state index contributed by atoms with van der Waals surface area (Å²) in [6, 6.07) is 1.10. The molecule has 9 heteroatoms. The van der Waals surface area contributed by atoms with Crippen LogP contribution in [0.25, 0.3) is 0 Å². The summed E-state index contributed by atoms with van der Waals surface area (Å²) in [7, 11) is 0. The molecule has 0 aromatic heterocycles. The molecule has 0 bridgehead atoms. The fourth-order valence-corrected chi connectivity index (χ4v) is 2.76. The van der Waals surface area contributed by atoms with E-state index in [1.807, 2.05) is 6.92 Å². The van der Waals surface area contributed by atoms with Gasteiger partial charge in [-0.1, -0.05) is 0 Å². The number of carbonyl (C=O) groups is 1. The number of alkyl halides is 3. The third kappa shape index (κ3) is 7.77. The second kappa shape index (κ2) is 11.6. The highest BCUT2D eigenvalue weighted by Gasteiger charge is 2.34. The van der Waals surface area contributed by atoms with Crippen LogP contribution in [-0.2, 0) is 15.7 Å². The number of rotatable bonds is 9. The van der Waals surface area contributed by atoms with Gasteiger partial charge in [0.1, 0.15) is 13.1 Å². The molecule has 0 heterocycles. The smallest absolute Gasteiger partial charge is 0.416 e. The van der Waals surface area contributed by atoms with Crippen molar-refractivity contribution in [3.8, 4) is 0 Å². The van der Waals surface area contributed by atoms with Gasteiger partial charge in [-0.05, 0) is 50.5 Å². The number of ether oxygens (including phenoxy) is 1. The molecule has 1 aromatic rings. The van der Waals surface area contributed by atoms with Crippen LogP contribution in [0.4, 0.5) is 18.9 Å². The van der Waals surface area contributed by atoms with E-state index in [2.05, 4.69) is 5.32 Å². The number of hydrogen-bond acceptors (Lipinski definition) is 3. The number of benzene rings is 1. The highest BCUT2D eigenvalue weighted by atomic mass is 79.9. The molecule has 0 spiro atoms. The minimum absolute atomic E-state index is 0. The number of hydrogen-bond donors (Lipinski definition) is 3. The number of amides is 1. The van der Waals surface area contributed by atoms with Crippen molar-refractivity contribution in [2.24, 2.45) is 0 Å². The van der Waals surface area contributed by atoms with Crippen LogP contribution >= 0.6 is 0 Å². The molecule has 27 heavy (non-hydrogen) atoms. The van der Waals surface area contributed by atoms with Crippen LogP contribution in [0.2, 0.25) is 0 Å². The quantitative estimate of drug-likeness (QED) is 0.396. The van der Waals surface area contributed by atoms with Gasteiger partial charge in [-0.25, -0.2) is 0 Å². The van der Waals surface area contributed by atoms with E-state index in [-0.39, 0.29) is 41.4 Å². The lowest BCUT2D eigenvalue weighted by atomic mass is 9.97. The van der Waals surface area contributed by atoms with E-state index in [0.717, 1.165) is 11.0 Å². The van der Waals surface area contributed by atoms with Gasteiger partial charge in [0.05, 0.1) is 18.8 Å². The van der Waals surface area contributed by atoms with Crippen molar-refractivity contribution in [3.05, 3.63) is 28.3 Å². The molecule has 0 saturated carbocycles. The maximum Gasteiger partial charge on any atom is 0.416 e. The zero-order valence-electron chi connectivity index (χ0n) is 16.1. The molecule has 0 fully saturated rings. The van der Waals surface area contributed by atoms with Gasteiger partial charge in [0.2, 0.25) is 0 Å². The molecule has 5 nitrogen and oxygen atoms in total. The van der Waals surface area contributed by atoms with Gasteiger partial charge < -0.3 is 37.0 Å². The topological polar surface area (TPSA) is 63.0 Å². The number of aliphatic hydroxyl groups excluding tert-OH is 1. The van der Waals surface area contributed by atoms with Crippen molar-refractivity contribution in [2.75, 3.05) is 44.8 Å². The van der Waals surface area contributed by atoms with Gasteiger partial charge in [0.25, 0.3) is 5.91 Å². The SMILES string of the molecule is CCOCC[NH+](CCO)CC(=O)Nc1c(C)c(C)cc(C(F)(F)F)c1C.[Br-]. The van der Waals surface area contributed by atoms with Gasteiger partial charge in [0.15, 0.2) is 6.54 Å². The molecule has 1 atom stereocenters. The highest BCUT2D eigenvalue weighted by Crippen LogP contribution is 2.37. The third-order valence-corrected chi connectivity index (χ3v) is 4.36. The minimum atomic E-state index is -4.48. The largest absolute Gasteiger partial charge is 1.00 e. The Bertz CT molecular complexity index is 625. The van der Waals surface area contributed by atoms with Crippen molar-refractivity contribution < 1.29 is 49.7 Å². The Balaban J connectivity index is 0.00000676. The third-order valence-electron chi connectivity index (χ3n) is 4.36. The summed E-state index contributed by atoms with van der Waals surface area (Å²) >= 11 is 0. The highest BCUT2D eigenvalue weighted by molar-refractivity contribution is 5.93. The molecule has 0 aliphatic rings. The number of aryl methyl sites for hydroxylation is 1. The van der Waals surface area contributed by atoms with Crippen LogP contribution in [0, 0.1) is 20.8 Å². The first-order valence-corrected chi connectivity index (χ1v) is 8.61. The average Bonchev–Trinajstić information content (AvgIpc) is 2.54. The Hall–Kier alpha value is -1.16. The zero-order chi connectivity index (χ0) is 19.9. The molecule has 0 aliphatic heterocycles. The van der Waals surface area contributed by atoms with Gasteiger partial charge in [-0.15, -0.1) is 0 Å². The molecular formula is C18H28BrF3N2O3. The number of nitrogens with one attached hydrogen (secondary N) is 2. The second-order valence-corrected chi connectivity index (χ2v) is 6.26. The molecule has 1 amide bonds. The Kier molecular flexibility index (Phi) is 11.1. The van der Waals surface area contributed by atoms with Gasteiger partial charge in [-0.2, -0.15) is 13.2 Å². The Morgan fingerprint density at radius 3 is 2.37 bits per heavy atom. The van der Waals surface area contributed by atoms with Crippen molar-refractivity contribution in [3.63, 3.8) is 0 Å². The fraction of sp³-hybridized carbons (Fsp3) is 0.611. The minimum Gasteiger partial charge on any atom is -1.00 e. The van der Waals surface area contributed by atoms with Crippen LogP contribution in [-0.4, -0.2) is 50.5 Å². The van der Waals surface area contributed by atoms with Gasteiger partial charge in [0, 0.05) is 12.3 Å². The molecule has 156 valence electrons. The van der Waals surface area contributed by atoms with Crippen molar-refractivity contribution >= 4 is 11.6 Å². The molecule has 1 unspecified atom stereocenters. The Morgan fingerprint density at radius 1 is 1.22 bits per heavy atom. The number of aliphatic hydroxyl groups is 1. The predicted octanol–water partition coefficient (Wildman–Crippen LogP) is -1.51. The number of quaternary nitrogens is 1. The fourth-order valence-electron chi connectivity index (χ4n) is 2.76. The van der Waals surface area contributed by atoms with Crippen LogP contribution in [0.5, 0.6) is 0 Å². The first-order valence-electron chi connectivity index (χ1n) is 8.61. The van der Waals surface area contributed by atoms with Crippen molar-refractivity contribution in [1.82, 2.24) is 0 Å². The molecule has 1 rings (SSSR count). The number of carbonyl (C=O) groups excluding carboxylic acids is 1. The predicted molar refractivity (Wildman–Crippen MR) is 93.4 cm³/mol. The molecule has 1 aromatic carbocycles. The van der Waals surface area contributed by atoms with E-state index in [0.29, 0.717) is 37.4 Å². The summed E-state index contributed by atoms with van der Waals surface area (Å²) in [5, 5.41) is 11.8. The lowest BCUT2D eigenvalue weighted by Crippen LogP contribution is -3.14. The molecule has 0 aliphatic carbocycles. The Morgan fingerprint density at radius 2 is 1.85 bits per heavy atom. The average molecular weight is 457 g/mol. The maximum absolute atomic E-state index is 13.2. The number of halogens is 4. The van der Waals surface area contributed by atoms with E-state index >= 15 is 0 Å². The molecule has 0 saturated heterocycles. The van der Waals surface area contributed by atoms with E-state index in [1.54, 1.807) is 13.8 Å². The lowest BCUT2D eigenvalue weighted by Gasteiger charge is -2.21. The summed E-state index contributed by atoms with van der Waals surface area (Å²) in [4.78, 5) is 13.2. The van der Waals surface area contributed by atoms with E-state index in [9.17, 15) is 18.0 Å². The van der Waals surface area contributed by atoms with E-state index in [4.69, 9.17) is 9.84 Å². The summed E-state index contributed by atoms with van der Waals surface area (Å²) in [6.45, 7) is 8.34. The summed E-state index contributed by atoms with van der Waals surface area (Å²) < 4.78 is 44.9. The second-order valence-electron chi connectivity index (χ2n) is 6.26. The first kappa shape index (κ1) is 25.8. The van der Waals surface area contributed by atoms with Crippen molar-refractivity contribution in [1.29, 1.82) is 0 Å². The molecular weight excluding hydrogens is 429 g/mol. The summed E-state index contributed by atoms with van der Waals surface area (Å²) in [5.74, 6) is -0.394. The van der Waals surface area contributed by atoms with E-state index < -0.39 is 17.6 Å². The first-order chi connectivity index (χ1) is 12.1. The van der Waals surface area contributed by atoms with Crippen LogP contribution in [0.1, 0.15) is 29.2 Å². The molecule has 3 N–H and O–H groups in total. The summed E-state index contributed by atoms with van der Waals surface area (Å²) in [6.07, 6.45) is -4.48. The van der Waals surface area contributed by atoms with Crippen LogP contribution < -0.4 is 27.2 Å². The van der Waals surface area contributed by atoms with Crippen LogP contribution in [0.3, 0.4) is 0 Å². The lowest BCUT2D eigenvalue weighted by molar-refractivity contribution is -0.892. The summed E-state index contributed by atoms with van der Waals surface area (Å²) in [5.41, 5.74) is 0.547. The maximum atomic E-state index is 13.2. The van der Waals surface area contributed by atoms with Crippen molar-refractivity contribution in [2.45, 2.75) is 33.9 Å².